The highest BCUT2D eigenvalue weighted by atomic mass is 32.2. The van der Waals surface area contributed by atoms with Crippen molar-refractivity contribution in [2.45, 2.75) is 44.4 Å². The third-order valence-electron chi connectivity index (χ3n) is 2.87. The number of aliphatic imine (C=N–C) groups is 1. The van der Waals surface area contributed by atoms with Crippen LogP contribution in [-0.2, 0) is 4.74 Å². The third-order valence-corrected chi connectivity index (χ3v) is 3.80. The Bertz CT molecular complexity index is 226. The normalized spacial score (nSPS) is 37.3. The second kappa shape index (κ2) is 4.53. The molecule has 80 valence electrons. The van der Waals surface area contributed by atoms with Crippen molar-refractivity contribution in [1.82, 2.24) is 5.32 Å². The SMILES string of the molecule is COC1CC(NC2=NC(C)CCS2)C1. The van der Waals surface area contributed by atoms with Gasteiger partial charge in [-0.3, -0.25) is 4.99 Å². The molecule has 0 saturated heterocycles. The monoisotopic (exact) mass is 214 g/mol. The van der Waals surface area contributed by atoms with Gasteiger partial charge in [0.25, 0.3) is 0 Å². The summed E-state index contributed by atoms with van der Waals surface area (Å²) in [4.78, 5) is 4.58. The lowest BCUT2D eigenvalue weighted by atomic mass is 9.89. The highest BCUT2D eigenvalue weighted by Crippen LogP contribution is 2.24. The van der Waals surface area contributed by atoms with E-state index in [2.05, 4.69) is 17.2 Å². The van der Waals surface area contributed by atoms with E-state index in [1.807, 2.05) is 11.8 Å². The Morgan fingerprint density at radius 1 is 1.50 bits per heavy atom. The summed E-state index contributed by atoms with van der Waals surface area (Å²) in [5.74, 6) is 1.20. The molecule has 0 aromatic rings. The Kier molecular flexibility index (Phi) is 3.34. The van der Waals surface area contributed by atoms with Gasteiger partial charge in [-0.1, -0.05) is 11.8 Å². The summed E-state index contributed by atoms with van der Waals surface area (Å²) in [6.07, 6.45) is 3.94. The summed E-state index contributed by atoms with van der Waals surface area (Å²) in [5.41, 5.74) is 0. The number of hydrogen-bond donors (Lipinski definition) is 1. The van der Waals surface area contributed by atoms with Crippen molar-refractivity contribution in [3.05, 3.63) is 0 Å². The number of rotatable bonds is 2. The number of nitrogens with zero attached hydrogens (tertiary/aromatic N) is 1. The summed E-state index contributed by atoms with van der Waals surface area (Å²) in [6, 6.07) is 1.09. The van der Waals surface area contributed by atoms with E-state index in [0.29, 0.717) is 18.2 Å². The van der Waals surface area contributed by atoms with Crippen LogP contribution in [0.2, 0.25) is 0 Å². The van der Waals surface area contributed by atoms with Crippen molar-refractivity contribution in [2.24, 2.45) is 4.99 Å². The molecule has 0 bridgehead atoms. The Morgan fingerprint density at radius 2 is 2.29 bits per heavy atom. The summed E-state index contributed by atoms with van der Waals surface area (Å²) in [6.45, 7) is 2.18. The van der Waals surface area contributed by atoms with Crippen LogP contribution in [0, 0.1) is 0 Å². The first kappa shape index (κ1) is 10.3. The molecule has 0 aromatic heterocycles. The number of thioether (sulfide) groups is 1. The fraction of sp³-hybridized carbons (Fsp3) is 0.900. The van der Waals surface area contributed by atoms with Gasteiger partial charge in [-0.25, -0.2) is 0 Å². The van der Waals surface area contributed by atoms with Crippen molar-refractivity contribution >= 4 is 16.9 Å². The summed E-state index contributed by atoms with van der Waals surface area (Å²) in [7, 11) is 1.79. The maximum absolute atomic E-state index is 5.24. The van der Waals surface area contributed by atoms with E-state index in [0.717, 1.165) is 18.0 Å². The zero-order valence-electron chi connectivity index (χ0n) is 8.82. The fourth-order valence-electron chi connectivity index (χ4n) is 1.76. The standard InChI is InChI=1S/C10H18N2OS/c1-7-3-4-14-10(11-7)12-8-5-9(6-8)13-2/h7-9H,3-6H2,1-2H3,(H,11,12). The van der Waals surface area contributed by atoms with Gasteiger partial charge in [0.15, 0.2) is 5.17 Å². The molecule has 0 radical (unpaired) electrons. The van der Waals surface area contributed by atoms with Gasteiger partial charge in [0.2, 0.25) is 0 Å². The quantitative estimate of drug-likeness (QED) is 0.758. The molecule has 0 spiro atoms. The average molecular weight is 214 g/mol. The van der Waals surface area contributed by atoms with Crippen molar-refractivity contribution in [3.63, 3.8) is 0 Å². The van der Waals surface area contributed by atoms with Crippen LogP contribution in [0.1, 0.15) is 26.2 Å². The Labute approximate surface area is 89.7 Å². The van der Waals surface area contributed by atoms with Gasteiger partial charge in [-0.05, 0) is 26.2 Å². The summed E-state index contributed by atoms with van der Waals surface area (Å²) >= 11 is 1.85. The maximum Gasteiger partial charge on any atom is 0.157 e. The van der Waals surface area contributed by atoms with E-state index < -0.39 is 0 Å². The second-order valence-electron chi connectivity index (χ2n) is 4.09. The molecule has 2 aliphatic rings. The van der Waals surface area contributed by atoms with Gasteiger partial charge in [-0.15, -0.1) is 0 Å². The Hall–Kier alpha value is -0.220. The highest BCUT2D eigenvalue weighted by Gasteiger charge is 2.30. The molecular weight excluding hydrogens is 196 g/mol. The lowest BCUT2D eigenvalue weighted by Gasteiger charge is -2.36. The molecule has 0 aromatic carbocycles. The number of nitrogens with one attached hydrogen (secondary N) is 1. The zero-order valence-corrected chi connectivity index (χ0v) is 9.64. The molecule has 3 nitrogen and oxygen atoms in total. The van der Waals surface area contributed by atoms with Gasteiger partial charge in [0.05, 0.1) is 12.1 Å². The van der Waals surface area contributed by atoms with Crippen LogP contribution in [0.3, 0.4) is 0 Å². The largest absolute Gasteiger partial charge is 0.381 e. The summed E-state index contributed by atoms with van der Waals surface area (Å²) in [5, 5.41) is 4.62. The number of hydrogen-bond acceptors (Lipinski definition) is 4. The van der Waals surface area contributed by atoms with Crippen LogP contribution in [0.4, 0.5) is 0 Å². The minimum atomic E-state index is 0.471. The van der Waals surface area contributed by atoms with Gasteiger partial charge >= 0.3 is 0 Å². The molecule has 1 saturated carbocycles. The second-order valence-corrected chi connectivity index (χ2v) is 5.17. The molecule has 0 amide bonds. The summed E-state index contributed by atoms with van der Waals surface area (Å²) < 4.78 is 5.24. The van der Waals surface area contributed by atoms with Gasteiger partial charge in [0, 0.05) is 18.9 Å². The molecule has 2 rings (SSSR count). The maximum atomic E-state index is 5.24. The fourth-order valence-corrected chi connectivity index (χ4v) is 2.91. The number of amidine groups is 1. The molecule has 1 N–H and O–H groups in total. The van der Waals surface area contributed by atoms with E-state index in [9.17, 15) is 0 Å². The van der Waals surface area contributed by atoms with Crippen molar-refractivity contribution in [1.29, 1.82) is 0 Å². The topological polar surface area (TPSA) is 33.6 Å². The van der Waals surface area contributed by atoms with Crippen LogP contribution in [-0.4, -0.2) is 36.2 Å². The van der Waals surface area contributed by atoms with Crippen molar-refractivity contribution in [3.8, 4) is 0 Å². The van der Waals surface area contributed by atoms with Crippen LogP contribution in [0.25, 0.3) is 0 Å². The molecule has 1 atom stereocenters. The van der Waals surface area contributed by atoms with E-state index >= 15 is 0 Å². The number of methoxy groups -OCH3 is 1. The third kappa shape index (κ3) is 2.42. The Morgan fingerprint density at radius 3 is 2.93 bits per heavy atom. The molecule has 1 aliphatic carbocycles. The molecule has 1 aliphatic heterocycles. The predicted octanol–water partition coefficient (Wildman–Crippen LogP) is 1.63. The molecule has 1 fully saturated rings. The van der Waals surface area contributed by atoms with Crippen LogP contribution in [0.5, 0.6) is 0 Å². The van der Waals surface area contributed by atoms with Crippen LogP contribution in [0.15, 0.2) is 4.99 Å². The first-order chi connectivity index (χ1) is 6.78. The first-order valence-electron chi connectivity index (χ1n) is 5.28. The van der Waals surface area contributed by atoms with Crippen molar-refractivity contribution in [2.75, 3.05) is 12.9 Å². The first-order valence-corrected chi connectivity index (χ1v) is 6.26. The molecule has 1 heterocycles. The average Bonchev–Trinajstić information content (AvgIpc) is 2.10. The van der Waals surface area contributed by atoms with E-state index in [-0.39, 0.29) is 0 Å². The highest BCUT2D eigenvalue weighted by molar-refractivity contribution is 8.13. The zero-order chi connectivity index (χ0) is 9.97. The van der Waals surface area contributed by atoms with Gasteiger partial charge in [-0.2, -0.15) is 0 Å². The predicted molar refractivity (Wildman–Crippen MR) is 60.9 cm³/mol. The lowest BCUT2D eigenvalue weighted by Crippen LogP contribution is -2.47. The van der Waals surface area contributed by atoms with Gasteiger partial charge < -0.3 is 10.1 Å². The van der Waals surface area contributed by atoms with E-state index in [1.165, 1.54) is 12.2 Å². The molecule has 1 unspecified atom stereocenters. The molecule has 4 heteroatoms. The minimum absolute atomic E-state index is 0.471. The van der Waals surface area contributed by atoms with E-state index in [4.69, 9.17) is 4.74 Å². The Balaban J connectivity index is 1.75. The number of ether oxygens (including phenoxy) is 1. The van der Waals surface area contributed by atoms with Gasteiger partial charge in [0.1, 0.15) is 0 Å². The molecular formula is C10H18N2OS. The lowest BCUT2D eigenvalue weighted by molar-refractivity contribution is 0.0228. The van der Waals surface area contributed by atoms with E-state index in [1.54, 1.807) is 7.11 Å². The molecule has 14 heavy (non-hydrogen) atoms. The van der Waals surface area contributed by atoms with Crippen LogP contribution >= 0.6 is 11.8 Å². The van der Waals surface area contributed by atoms with Crippen LogP contribution < -0.4 is 5.32 Å². The minimum Gasteiger partial charge on any atom is -0.381 e. The smallest absolute Gasteiger partial charge is 0.157 e. The van der Waals surface area contributed by atoms with Crippen molar-refractivity contribution < 1.29 is 4.74 Å².